The second-order valence-corrected chi connectivity index (χ2v) is 3.11. The number of aliphatic hydroxyl groups is 1. The van der Waals surface area contributed by atoms with Crippen LogP contribution in [0.15, 0.2) is 0 Å². The minimum absolute atomic E-state index is 0.134. The number of hydrogen-bond acceptors (Lipinski definition) is 4. The highest BCUT2D eigenvalue weighted by Gasteiger charge is 2.44. The van der Waals surface area contributed by atoms with Gasteiger partial charge in [-0.2, -0.15) is 0 Å². The van der Waals surface area contributed by atoms with Crippen LogP contribution in [0.1, 0.15) is 19.8 Å². The number of cyclic esters (lactones) is 1. The van der Waals surface area contributed by atoms with E-state index in [0.717, 1.165) is 0 Å². The molecule has 0 amide bonds. The van der Waals surface area contributed by atoms with Crippen LogP contribution in [0.4, 0.5) is 0 Å². The third-order valence-electron chi connectivity index (χ3n) is 1.83. The summed E-state index contributed by atoms with van der Waals surface area (Å²) in [6, 6.07) is 0. The Morgan fingerprint density at radius 1 is 1.83 bits per heavy atom. The van der Waals surface area contributed by atoms with Crippen molar-refractivity contribution in [3.8, 4) is 0 Å². The first-order valence-corrected chi connectivity index (χ1v) is 3.55. The Morgan fingerprint density at radius 2 is 2.42 bits per heavy atom. The Balaban J connectivity index is 2.65. The van der Waals surface area contributed by atoms with Crippen molar-refractivity contribution in [2.45, 2.75) is 31.5 Å². The van der Waals surface area contributed by atoms with Gasteiger partial charge >= 0.3 is 11.9 Å². The Morgan fingerprint density at radius 3 is 2.75 bits per heavy atom. The van der Waals surface area contributed by atoms with E-state index in [9.17, 15) is 14.7 Å². The van der Waals surface area contributed by atoms with Gasteiger partial charge in [-0.3, -0.25) is 9.59 Å². The Bertz CT molecular complexity index is 220. The highest BCUT2D eigenvalue weighted by molar-refractivity contribution is 5.75. The maximum atomic E-state index is 10.7. The molecule has 0 spiro atoms. The number of carboxylic acid groups (broad SMARTS) is 1. The lowest BCUT2D eigenvalue weighted by Crippen LogP contribution is -2.36. The van der Waals surface area contributed by atoms with E-state index in [1.807, 2.05) is 0 Å². The first-order valence-electron chi connectivity index (χ1n) is 3.55. The predicted molar refractivity (Wildman–Crippen MR) is 37.4 cm³/mol. The molecule has 0 aromatic rings. The average molecular weight is 174 g/mol. The highest BCUT2D eigenvalue weighted by atomic mass is 16.6. The number of ether oxygens (including phenoxy) is 1. The van der Waals surface area contributed by atoms with Gasteiger partial charge in [0.2, 0.25) is 0 Å². The van der Waals surface area contributed by atoms with Crippen molar-refractivity contribution in [1.29, 1.82) is 0 Å². The molecule has 0 aliphatic carbocycles. The second kappa shape index (κ2) is 2.75. The number of rotatable bonds is 2. The van der Waals surface area contributed by atoms with Gasteiger partial charge in [0.25, 0.3) is 0 Å². The summed E-state index contributed by atoms with van der Waals surface area (Å²) in [5, 5.41) is 17.9. The summed E-state index contributed by atoms with van der Waals surface area (Å²) in [7, 11) is 0. The van der Waals surface area contributed by atoms with Crippen molar-refractivity contribution in [3.63, 3.8) is 0 Å². The standard InChI is InChI=1S/C7H10O5/c1-7(11)3-6(10)12-4(7)2-5(8)9/h4,11H,2-3H2,1H3,(H,8,9). The third-order valence-corrected chi connectivity index (χ3v) is 1.83. The molecule has 1 rings (SSSR count). The molecule has 2 N–H and O–H groups in total. The van der Waals surface area contributed by atoms with Crippen LogP contribution in [-0.4, -0.2) is 33.9 Å². The fourth-order valence-electron chi connectivity index (χ4n) is 1.15. The smallest absolute Gasteiger partial charge is 0.309 e. The van der Waals surface area contributed by atoms with Gasteiger partial charge in [0, 0.05) is 0 Å². The molecule has 0 radical (unpaired) electrons. The van der Waals surface area contributed by atoms with Gasteiger partial charge in [-0.05, 0) is 6.92 Å². The van der Waals surface area contributed by atoms with E-state index in [4.69, 9.17) is 5.11 Å². The molecule has 12 heavy (non-hydrogen) atoms. The van der Waals surface area contributed by atoms with E-state index >= 15 is 0 Å². The number of hydrogen-bond donors (Lipinski definition) is 2. The monoisotopic (exact) mass is 174 g/mol. The number of carbonyl (C=O) groups excluding carboxylic acids is 1. The zero-order valence-electron chi connectivity index (χ0n) is 6.61. The van der Waals surface area contributed by atoms with Crippen LogP contribution >= 0.6 is 0 Å². The van der Waals surface area contributed by atoms with Crippen molar-refractivity contribution in [1.82, 2.24) is 0 Å². The summed E-state index contributed by atoms with van der Waals surface area (Å²) in [6.07, 6.45) is -1.40. The average Bonchev–Trinajstić information content (AvgIpc) is 2.04. The van der Waals surface area contributed by atoms with Crippen LogP contribution in [-0.2, 0) is 14.3 Å². The molecule has 0 saturated carbocycles. The molecule has 1 aliphatic rings. The van der Waals surface area contributed by atoms with Crippen molar-refractivity contribution in [3.05, 3.63) is 0 Å². The molecule has 2 unspecified atom stereocenters. The molecule has 1 fully saturated rings. The van der Waals surface area contributed by atoms with Gasteiger partial charge in [0.05, 0.1) is 12.8 Å². The lowest BCUT2D eigenvalue weighted by molar-refractivity contribution is -0.148. The van der Waals surface area contributed by atoms with Crippen LogP contribution in [0.2, 0.25) is 0 Å². The molecule has 0 aromatic heterocycles. The molecule has 5 heteroatoms. The van der Waals surface area contributed by atoms with Crippen molar-refractivity contribution < 1.29 is 24.5 Å². The predicted octanol–water partition coefficient (Wildman–Crippen LogP) is -0.472. The van der Waals surface area contributed by atoms with Crippen LogP contribution in [0.25, 0.3) is 0 Å². The molecule has 1 saturated heterocycles. The van der Waals surface area contributed by atoms with Crippen LogP contribution in [0, 0.1) is 0 Å². The van der Waals surface area contributed by atoms with Crippen LogP contribution in [0.3, 0.4) is 0 Å². The molecule has 5 nitrogen and oxygen atoms in total. The molecular weight excluding hydrogens is 164 g/mol. The lowest BCUT2D eigenvalue weighted by atomic mass is 9.96. The van der Waals surface area contributed by atoms with E-state index in [2.05, 4.69) is 4.74 Å². The molecule has 1 aliphatic heterocycles. The van der Waals surface area contributed by atoms with E-state index in [1.54, 1.807) is 0 Å². The maximum absolute atomic E-state index is 10.7. The number of carbonyl (C=O) groups is 2. The summed E-state index contributed by atoms with van der Waals surface area (Å²) in [5.74, 6) is -1.64. The summed E-state index contributed by atoms with van der Waals surface area (Å²) in [6.45, 7) is 1.39. The van der Waals surface area contributed by atoms with Crippen molar-refractivity contribution in [2.24, 2.45) is 0 Å². The second-order valence-electron chi connectivity index (χ2n) is 3.11. The molecule has 2 atom stereocenters. The lowest BCUT2D eigenvalue weighted by Gasteiger charge is -2.20. The molecule has 0 aromatic carbocycles. The van der Waals surface area contributed by atoms with E-state index < -0.39 is 23.6 Å². The fraction of sp³-hybridized carbons (Fsp3) is 0.714. The topological polar surface area (TPSA) is 83.8 Å². The summed E-state index contributed by atoms with van der Waals surface area (Å²) in [4.78, 5) is 20.9. The fourth-order valence-corrected chi connectivity index (χ4v) is 1.15. The van der Waals surface area contributed by atoms with Gasteiger partial charge in [-0.25, -0.2) is 0 Å². The Kier molecular flexibility index (Phi) is 2.06. The van der Waals surface area contributed by atoms with Gasteiger partial charge in [-0.1, -0.05) is 0 Å². The summed E-state index contributed by atoms with van der Waals surface area (Å²) < 4.78 is 4.62. The minimum atomic E-state index is -1.34. The SMILES string of the molecule is CC1(O)CC(=O)OC1CC(=O)O. The zero-order chi connectivity index (χ0) is 9.35. The third kappa shape index (κ3) is 1.73. The van der Waals surface area contributed by atoms with Crippen molar-refractivity contribution >= 4 is 11.9 Å². The van der Waals surface area contributed by atoms with E-state index in [0.29, 0.717) is 0 Å². The van der Waals surface area contributed by atoms with Gasteiger partial charge in [-0.15, -0.1) is 0 Å². The van der Waals surface area contributed by atoms with Crippen LogP contribution in [0.5, 0.6) is 0 Å². The van der Waals surface area contributed by atoms with Gasteiger partial charge in [0.15, 0.2) is 0 Å². The molecule has 68 valence electrons. The van der Waals surface area contributed by atoms with Gasteiger partial charge < -0.3 is 14.9 Å². The van der Waals surface area contributed by atoms with Gasteiger partial charge in [0.1, 0.15) is 11.7 Å². The number of carboxylic acids is 1. The van der Waals surface area contributed by atoms with E-state index in [1.165, 1.54) is 6.92 Å². The quantitative estimate of drug-likeness (QED) is 0.553. The van der Waals surface area contributed by atoms with E-state index in [-0.39, 0.29) is 12.8 Å². The first kappa shape index (κ1) is 8.99. The first-order chi connectivity index (χ1) is 5.42. The minimum Gasteiger partial charge on any atom is -0.481 e. The highest BCUT2D eigenvalue weighted by Crippen LogP contribution is 2.28. The number of aliphatic carboxylic acids is 1. The van der Waals surface area contributed by atoms with Crippen LogP contribution < -0.4 is 0 Å². The largest absolute Gasteiger partial charge is 0.481 e. The summed E-state index contributed by atoms with van der Waals surface area (Å²) >= 11 is 0. The van der Waals surface area contributed by atoms with Crippen molar-refractivity contribution in [2.75, 3.05) is 0 Å². The molecule has 1 heterocycles. The zero-order valence-corrected chi connectivity index (χ0v) is 6.61. The Hall–Kier alpha value is -1.10. The molecular formula is C7H10O5. The number of esters is 1. The molecule has 0 bridgehead atoms. The summed E-state index contributed by atoms with van der Waals surface area (Å²) in [5.41, 5.74) is -1.34. The Labute approximate surface area is 68.9 Å². The maximum Gasteiger partial charge on any atom is 0.309 e. The normalized spacial score (nSPS) is 34.8.